The Balaban J connectivity index is 2.24. The third kappa shape index (κ3) is 3.56. The molecule has 0 atom stereocenters. The van der Waals surface area contributed by atoms with Gasteiger partial charge >= 0.3 is 0 Å². The van der Waals surface area contributed by atoms with Crippen LogP contribution in [0.2, 0.25) is 0 Å². The molecule has 0 aliphatic rings. The lowest BCUT2D eigenvalue weighted by atomic mass is 10.3. The van der Waals surface area contributed by atoms with E-state index in [1.165, 1.54) is 29.5 Å². The number of sulfonamides is 1. The molecule has 20 heavy (non-hydrogen) atoms. The number of nitrogens with one attached hydrogen (secondary N) is 2. The van der Waals surface area contributed by atoms with Gasteiger partial charge in [-0.15, -0.1) is 11.3 Å². The van der Waals surface area contributed by atoms with E-state index in [9.17, 15) is 12.8 Å². The Kier molecular flexibility index (Phi) is 4.74. The molecule has 7 heteroatoms. The van der Waals surface area contributed by atoms with Gasteiger partial charge in [0.05, 0.1) is 5.69 Å². The van der Waals surface area contributed by atoms with Gasteiger partial charge in [-0.05, 0) is 36.2 Å². The quantitative estimate of drug-likeness (QED) is 0.862. The topological polar surface area (TPSA) is 58.2 Å². The molecular formula is C13H15FN2O2S2. The normalized spacial score (nSPS) is 11.5. The number of rotatable bonds is 6. The summed E-state index contributed by atoms with van der Waals surface area (Å²) in [6.45, 7) is 3.20. The highest BCUT2D eigenvalue weighted by Gasteiger charge is 2.19. The van der Waals surface area contributed by atoms with Crippen LogP contribution in [0.3, 0.4) is 0 Å². The van der Waals surface area contributed by atoms with E-state index in [2.05, 4.69) is 10.0 Å². The van der Waals surface area contributed by atoms with E-state index in [1.807, 2.05) is 6.92 Å². The first-order valence-electron chi connectivity index (χ1n) is 6.08. The molecule has 1 aromatic heterocycles. The van der Waals surface area contributed by atoms with E-state index in [4.69, 9.17) is 0 Å². The van der Waals surface area contributed by atoms with Gasteiger partial charge in [0, 0.05) is 11.4 Å². The number of hydrogen-bond donors (Lipinski definition) is 2. The largest absolute Gasteiger partial charge is 0.312 e. The Bertz CT molecular complexity index is 683. The molecular weight excluding hydrogens is 299 g/mol. The Morgan fingerprint density at radius 3 is 2.80 bits per heavy atom. The van der Waals surface area contributed by atoms with Crippen LogP contribution >= 0.6 is 11.3 Å². The summed E-state index contributed by atoms with van der Waals surface area (Å²) in [4.78, 5) is 0.962. The number of hydrogen-bond acceptors (Lipinski definition) is 4. The van der Waals surface area contributed by atoms with Gasteiger partial charge in [-0.1, -0.05) is 13.0 Å². The Labute approximate surface area is 121 Å². The molecule has 0 fully saturated rings. The van der Waals surface area contributed by atoms with E-state index < -0.39 is 15.8 Å². The molecule has 0 spiro atoms. The summed E-state index contributed by atoms with van der Waals surface area (Å²) in [6.07, 6.45) is 0. The van der Waals surface area contributed by atoms with Crippen LogP contribution in [0.4, 0.5) is 10.1 Å². The highest BCUT2D eigenvalue weighted by atomic mass is 32.2. The second-order valence-electron chi connectivity index (χ2n) is 4.10. The van der Waals surface area contributed by atoms with E-state index in [-0.39, 0.29) is 10.6 Å². The molecule has 0 unspecified atom stereocenters. The van der Waals surface area contributed by atoms with Gasteiger partial charge in [0.2, 0.25) is 0 Å². The van der Waals surface area contributed by atoms with Gasteiger partial charge in [-0.3, -0.25) is 4.72 Å². The van der Waals surface area contributed by atoms with Crippen molar-refractivity contribution in [3.05, 3.63) is 46.4 Å². The van der Waals surface area contributed by atoms with Crippen LogP contribution in [0, 0.1) is 5.82 Å². The minimum absolute atomic E-state index is 0.214. The van der Waals surface area contributed by atoms with Crippen molar-refractivity contribution in [2.24, 2.45) is 0 Å². The van der Waals surface area contributed by atoms with Crippen molar-refractivity contribution >= 4 is 27.0 Å². The number of anilines is 1. The molecule has 2 aromatic rings. The zero-order valence-electron chi connectivity index (χ0n) is 10.9. The van der Waals surface area contributed by atoms with Crippen LogP contribution in [0.25, 0.3) is 0 Å². The third-order valence-corrected chi connectivity index (χ3v) is 5.12. The SMILES string of the molecule is CCNCc1sccc1S(=O)(=O)Nc1cccc(F)c1. The fraction of sp³-hybridized carbons (Fsp3) is 0.231. The van der Waals surface area contributed by atoms with Gasteiger partial charge in [-0.25, -0.2) is 12.8 Å². The maximum atomic E-state index is 13.1. The molecule has 0 bridgehead atoms. The summed E-state index contributed by atoms with van der Waals surface area (Å²) in [6, 6.07) is 6.93. The smallest absolute Gasteiger partial charge is 0.263 e. The van der Waals surface area contributed by atoms with Gasteiger partial charge in [0.25, 0.3) is 10.0 Å². The van der Waals surface area contributed by atoms with E-state index in [1.54, 1.807) is 11.4 Å². The minimum atomic E-state index is -3.69. The van der Waals surface area contributed by atoms with Crippen molar-refractivity contribution in [2.45, 2.75) is 18.4 Å². The van der Waals surface area contributed by atoms with E-state index >= 15 is 0 Å². The summed E-state index contributed by atoms with van der Waals surface area (Å²) >= 11 is 1.37. The molecule has 0 amide bonds. The Hall–Kier alpha value is -1.44. The van der Waals surface area contributed by atoms with Crippen LogP contribution in [0.5, 0.6) is 0 Å². The Morgan fingerprint density at radius 1 is 1.30 bits per heavy atom. The van der Waals surface area contributed by atoms with Crippen LogP contribution in [-0.4, -0.2) is 15.0 Å². The lowest BCUT2D eigenvalue weighted by Crippen LogP contribution is -2.17. The first kappa shape index (κ1) is 15.0. The van der Waals surface area contributed by atoms with Crippen molar-refractivity contribution < 1.29 is 12.8 Å². The van der Waals surface area contributed by atoms with Crippen LogP contribution in [0.1, 0.15) is 11.8 Å². The van der Waals surface area contributed by atoms with Gasteiger partial charge < -0.3 is 5.32 Å². The van der Waals surface area contributed by atoms with Gasteiger partial charge in [-0.2, -0.15) is 0 Å². The second kappa shape index (κ2) is 6.34. The summed E-state index contributed by atoms with van der Waals surface area (Å²) in [7, 11) is -3.69. The summed E-state index contributed by atoms with van der Waals surface area (Å²) < 4.78 is 40.1. The van der Waals surface area contributed by atoms with Crippen LogP contribution in [-0.2, 0) is 16.6 Å². The average Bonchev–Trinajstić information content (AvgIpc) is 2.85. The fourth-order valence-corrected chi connectivity index (χ4v) is 4.16. The second-order valence-corrected chi connectivity index (χ2v) is 6.76. The molecule has 0 aliphatic heterocycles. The molecule has 4 nitrogen and oxygen atoms in total. The molecule has 0 saturated heterocycles. The van der Waals surface area contributed by atoms with Crippen LogP contribution < -0.4 is 10.0 Å². The maximum Gasteiger partial charge on any atom is 0.263 e. The number of thiophene rings is 1. The summed E-state index contributed by atoms with van der Waals surface area (Å²) in [5.41, 5.74) is 0.214. The van der Waals surface area contributed by atoms with Crippen molar-refractivity contribution in [1.82, 2.24) is 5.32 Å². The standard InChI is InChI=1S/C13H15FN2O2S2/c1-2-15-9-12-13(6-7-19-12)20(17,18)16-11-5-3-4-10(14)8-11/h3-8,15-16H,2,9H2,1H3. The predicted octanol–water partition coefficient (Wildman–Crippen LogP) is 2.80. The Morgan fingerprint density at radius 2 is 2.10 bits per heavy atom. The molecule has 0 radical (unpaired) electrons. The zero-order chi connectivity index (χ0) is 14.6. The molecule has 0 aliphatic carbocycles. The maximum absolute atomic E-state index is 13.1. The average molecular weight is 314 g/mol. The summed E-state index contributed by atoms with van der Waals surface area (Å²) in [5.74, 6) is -0.483. The molecule has 2 N–H and O–H groups in total. The number of benzene rings is 1. The highest BCUT2D eigenvalue weighted by Crippen LogP contribution is 2.24. The summed E-state index contributed by atoms with van der Waals surface area (Å²) in [5, 5.41) is 4.82. The van der Waals surface area contributed by atoms with Crippen molar-refractivity contribution in [3.8, 4) is 0 Å². The lowest BCUT2D eigenvalue weighted by Gasteiger charge is -2.09. The monoisotopic (exact) mass is 314 g/mol. The van der Waals surface area contributed by atoms with Crippen molar-refractivity contribution in [2.75, 3.05) is 11.3 Å². The first-order valence-corrected chi connectivity index (χ1v) is 8.44. The minimum Gasteiger partial charge on any atom is -0.312 e. The highest BCUT2D eigenvalue weighted by molar-refractivity contribution is 7.93. The predicted molar refractivity (Wildman–Crippen MR) is 78.9 cm³/mol. The van der Waals surface area contributed by atoms with Crippen molar-refractivity contribution in [3.63, 3.8) is 0 Å². The first-order chi connectivity index (χ1) is 9.53. The molecule has 0 saturated carbocycles. The van der Waals surface area contributed by atoms with Crippen molar-refractivity contribution in [1.29, 1.82) is 0 Å². The molecule has 1 heterocycles. The van der Waals surface area contributed by atoms with Gasteiger partial charge in [0.15, 0.2) is 0 Å². The van der Waals surface area contributed by atoms with E-state index in [0.29, 0.717) is 6.54 Å². The zero-order valence-corrected chi connectivity index (χ0v) is 12.5. The van der Waals surface area contributed by atoms with Gasteiger partial charge in [0.1, 0.15) is 10.7 Å². The lowest BCUT2D eigenvalue weighted by molar-refractivity contribution is 0.599. The third-order valence-electron chi connectivity index (χ3n) is 2.61. The van der Waals surface area contributed by atoms with Crippen LogP contribution in [0.15, 0.2) is 40.6 Å². The fourth-order valence-electron chi connectivity index (χ4n) is 1.70. The molecule has 1 aromatic carbocycles. The number of halogens is 1. The molecule has 108 valence electrons. The molecule has 2 rings (SSSR count). The van der Waals surface area contributed by atoms with E-state index in [0.717, 1.165) is 17.5 Å².